The summed E-state index contributed by atoms with van der Waals surface area (Å²) in [5, 5.41) is 14.2. The molecule has 0 unspecified atom stereocenters. The molecule has 1 N–H and O–H groups in total. The van der Waals surface area contributed by atoms with Gasteiger partial charge in [0.15, 0.2) is 0 Å². The first-order valence-electron chi connectivity index (χ1n) is 7.32. The molecule has 0 amide bonds. The highest BCUT2D eigenvalue weighted by atomic mass is 16.6. The van der Waals surface area contributed by atoms with Crippen LogP contribution in [0, 0.1) is 10.1 Å². The summed E-state index contributed by atoms with van der Waals surface area (Å²) in [6, 6.07) is 4.99. The Kier molecular flexibility index (Phi) is 4.33. The summed E-state index contributed by atoms with van der Waals surface area (Å²) in [5.41, 5.74) is 0.392. The van der Waals surface area contributed by atoms with E-state index in [4.69, 9.17) is 4.74 Å². The van der Waals surface area contributed by atoms with E-state index in [0.29, 0.717) is 25.4 Å². The number of hydrogen-bond acceptors (Lipinski definition) is 6. The van der Waals surface area contributed by atoms with Gasteiger partial charge in [-0.3, -0.25) is 19.3 Å². The third-order valence-corrected chi connectivity index (χ3v) is 3.69. The van der Waals surface area contributed by atoms with Gasteiger partial charge in [-0.15, -0.1) is 0 Å². The molecule has 0 fully saturated rings. The molecule has 1 aliphatic rings. The number of nitrogens with one attached hydrogen (secondary N) is 1. The van der Waals surface area contributed by atoms with E-state index in [0.717, 1.165) is 12.8 Å². The van der Waals surface area contributed by atoms with E-state index in [-0.39, 0.29) is 5.82 Å². The van der Waals surface area contributed by atoms with E-state index >= 15 is 0 Å². The summed E-state index contributed by atoms with van der Waals surface area (Å²) in [7, 11) is 0. The highest BCUT2D eigenvalue weighted by Crippen LogP contribution is 2.19. The fourth-order valence-corrected chi connectivity index (χ4v) is 2.50. The zero-order chi connectivity index (χ0) is 16.2. The van der Waals surface area contributed by atoms with Crippen molar-refractivity contribution in [3.63, 3.8) is 0 Å². The minimum absolute atomic E-state index is 0.0128. The maximum absolute atomic E-state index is 12.3. The number of nitrogens with zero attached hydrogens (tertiary/aromatic N) is 3. The molecule has 3 rings (SSSR count). The number of pyridine rings is 1. The van der Waals surface area contributed by atoms with Gasteiger partial charge >= 0.3 is 11.2 Å². The molecule has 2 aromatic heterocycles. The predicted octanol–water partition coefficient (Wildman–Crippen LogP) is 1.75. The third kappa shape index (κ3) is 3.21. The Labute approximate surface area is 131 Å². The van der Waals surface area contributed by atoms with Gasteiger partial charge in [0.1, 0.15) is 5.65 Å². The topological polar surface area (TPSA) is 98.8 Å². The van der Waals surface area contributed by atoms with Gasteiger partial charge in [0.05, 0.1) is 18.1 Å². The van der Waals surface area contributed by atoms with E-state index in [9.17, 15) is 14.9 Å². The molecule has 120 valence electrons. The van der Waals surface area contributed by atoms with Crippen LogP contribution in [0.3, 0.4) is 0 Å². The molecule has 0 bridgehead atoms. The lowest BCUT2D eigenvalue weighted by atomic mass is 10.1. The van der Waals surface area contributed by atoms with Crippen LogP contribution in [-0.2, 0) is 4.74 Å². The van der Waals surface area contributed by atoms with E-state index < -0.39 is 16.2 Å². The van der Waals surface area contributed by atoms with Crippen molar-refractivity contribution in [2.45, 2.75) is 12.8 Å². The molecule has 1 aliphatic heterocycles. The van der Waals surface area contributed by atoms with E-state index in [1.807, 2.05) is 6.08 Å². The van der Waals surface area contributed by atoms with Crippen molar-refractivity contribution in [1.29, 1.82) is 0 Å². The summed E-state index contributed by atoms with van der Waals surface area (Å²) in [6.07, 6.45) is 5.07. The number of fused-ring (bicyclic) bond motifs is 1. The van der Waals surface area contributed by atoms with Crippen LogP contribution in [0.25, 0.3) is 5.65 Å². The van der Waals surface area contributed by atoms with Gasteiger partial charge in [-0.2, -0.15) is 0 Å². The van der Waals surface area contributed by atoms with Gasteiger partial charge in [0.2, 0.25) is 5.82 Å². The van der Waals surface area contributed by atoms with Crippen molar-refractivity contribution in [3.05, 3.63) is 56.5 Å². The van der Waals surface area contributed by atoms with Crippen LogP contribution >= 0.6 is 0 Å². The van der Waals surface area contributed by atoms with Crippen LogP contribution in [0.4, 0.5) is 11.5 Å². The lowest BCUT2D eigenvalue weighted by Crippen LogP contribution is -2.21. The second-order valence-corrected chi connectivity index (χ2v) is 5.16. The van der Waals surface area contributed by atoms with Crippen molar-refractivity contribution in [3.8, 4) is 0 Å². The van der Waals surface area contributed by atoms with E-state index in [1.165, 1.54) is 16.2 Å². The number of aromatic nitrogens is 2. The van der Waals surface area contributed by atoms with Crippen LogP contribution in [0.2, 0.25) is 0 Å². The fraction of sp³-hybridized carbons (Fsp3) is 0.333. The summed E-state index contributed by atoms with van der Waals surface area (Å²) >= 11 is 0. The summed E-state index contributed by atoms with van der Waals surface area (Å²) in [4.78, 5) is 27.0. The molecule has 0 radical (unpaired) electrons. The van der Waals surface area contributed by atoms with E-state index in [1.54, 1.807) is 18.2 Å². The monoisotopic (exact) mass is 316 g/mol. The van der Waals surface area contributed by atoms with Gasteiger partial charge < -0.3 is 10.1 Å². The number of rotatable bonds is 5. The predicted molar refractivity (Wildman–Crippen MR) is 84.7 cm³/mol. The SMILES string of the molecule is O=c1c([N+](=O)[O-])c(NCCC2=CCOCC2)nc2ccccn12. The minimum Gasteiger partial charge on any atom is -0.377 e. The quantitative estimate of drug-likeness (QED) is 0.512. The maximum Gasteiger partial charge on any atom is 0.376 e. The number of nitro groups is 1. The molecule has 23 heavy (non-hydrogen) atoms. The van der Waals surface area contributed by atoms with Gasteiger partial charge in [-0.05, 0) is 25.0 Å². The highest BCUT2D eigenvalue weighted by molar-refractivity contribution is 5.59. The number of hydrogen-bond donors (Lipinski definition) is 1. The Bertz CT molecular complexity index is 828. The Balaban J connectivity index is 1.86. The average molecular weight is 316 g/mol. The molecular weight excluding hydrogens is 300 g/mol. The van der Waals surface area contributed by atoms with Crippen LogP contribution in [0.15, 0.2) is 40.8 Å². The second kappa shape index (κ2) is 6.57. The third-order valence-electron chi connectivity index (χ3n) is 3.69. The molecule has 0 atom stereocenters. The molecule has 2 aromatic rings. The molecule has 8 heteroatoms. The van der Waals surface area contributed by atoms with Gasteiger partial charge in [0, 0.05) is 12.7 Å². The van der Waals surface area contributed by atoms with Gasteiger partial charge in [0.25, 0.3) is 0 Å². The van der Waals surface area contributed by atoms with Crippen LogP contribution in [0.1, 0.15) is 12.8 Å². The smallest absolute Gasteiger partial charge is 0.376 e. The molecular formula is C15H16N4O4. The molecule has 8 nitrogen and oxygen atoms in total. The Morgan fingerprint density at radius 1 is 1.43 bits per heavy atom. The normalized spacial score (nSPS) is 14.5. The van der Waals surface area contributed by atoms with Crippen molar-refractivity contribution in [2.75, 3.05) is 25.1 Å². The maximum atomic E-state index is 12.3. The van der Waals surface area contributed by atoms with Crippen molar-refractivity contribution >= 4 is 17.2 Å². The summed E-state index contributed by atoms with van der Waals surface area (Å²) in [5.74, 6) is 0.0128. The van der Waals surface area contributed by atoms with Crippen molar-refractivity contribution in [2.24, 2.45) is 0 Å². The molecule has 0 aromatic carbocycles. The zero-order valence-corrected chi connectivity index (χ0v) is 12.4. The fourth-order valence-electron chi connectivity index (χ4n) is 2.50. The number of anilines is 1. The molecule has 0 spiro atoms. The lowest BCUT2D eigenvalue weighted by Gasteiger charge is -2.14. The van der Waals surface area contributed by atoms with Gasteiger partial charge in [-0.25, -0.2) is 4.98 Å². The molecule has 0 saturated heterocycles. The van der Waals surface area contributed by atoms with Gasteiger partial charge in [-0.1, -0.05) is 17.7 Å². The van der Waals surface area contributed by atoms with Crippen molar-refractivity contribution < 1.29 is 9.66 Å². The minimum atomic E-state index is -0.690. The molecule has 0 aliphatic carbocycles. The highest BCUT2D eigenvalue weighted by Gasteiger charge is 2.23. The Hall–Kier alpha value is -2.74. The van der Waals surface area contributed by atoms with Crippen LogP contribution in [0.5, 0.6) is 0 Å². The molecule has 3 heterocycles. The first-order chi connectivity index (χ1) is 11.2. The standard InChI is InChI=1S/C15H16N4O4/c20-15-13(19(21)22)14(17-12-3-1-2-8-18(12)15)16-7-4-11-5-9-23-10-6-11/h1-3,5,8,16H,4,6-7,9-10H2. The largest absolute Gasteiger partial charge is 0.377 e. The Morgan fingerprint density at radius 2 is 2.30 bits per heavy atom. The first kappa shape index (κ1) is 15.2. The van der Waals surface area contributed by atoms with Crippen molar-refractivity contribution in [1.82, 2.24) is 9.38 Å². The molecule has 0 saturated carbocycles. The second-order valence-electron chi connectivity index (χ2n) is 5.16. The summed E-state index contributed by atoms with van der Waals surface area (Å²) < 4.78 is 6.41. The number of ether oxygens (including phenoxy) is 1. The van der Waals surface area contributed by atoms with Crippen LogP contribution in [-0.4, -0.2) is 34.1 Å². The lowest BCUT2D eigenvalue weighted by molar-refractivity contribution is -0.385. The summed E-state index contributed by atoms with van der Waals surface area (Å²) in [6.45, 7) is 1.77. The van der Waals surface area contributed by atoms with E-state index in [2.05, 4.69) is 10.3 Å². The van der Waals surface area contributed by atoms with Crippen LogP contribution < -0.4 is 10.9 Å². The zero-order valence-electron chi connectivity index (χ0n) is 12.4. The first-order valence-corrected chi connectivity index (χ1v) is 7.32. The Morgan fingerprint density at radius 3 is 3.04 bits per heavy atom. The average Bonchev–Trinajstić information content (AvgIpc) is 2.55.